The van der Waals surface area contributed by atoms with Crippen LogP contribution in [0.4, 0.5) is 24.5 Å². The average molecular weight is 348 g/mol. The van der Waals surface area contributed by atoms with E-state index < -0.39 is 27.7 Å². The van der Waals surface area contributed by atoms with Crippen molar-refractivity contribution in [3.8, 4) is 0 Å². The molecule has 1 aromatic rings. The summed E-state index contributed by atoms with van der Waals surface area (Å²) in [6, 6.07) is 2.43. The number of alkyl halides is 3. The van der Waals surface area contributed by atoms with Crippen LogP contribution in [0, 0.1) is 0 Å². The highest BCUT2D eigenvalue weighted by Crippen LogP contribution is 2.34. The van der Waals surface area contributed by atoms with Crippen LogP contribution < -0.4 is 10.0 Å². The van der Waals surface area contributed by atoms with E-state index in [9.17, 15) is 26.4 Å². The average Bonchev–Trinajstić information content (AvgIpc) is 2.91. The molecule has 0 saturated heterocycles. The van der Waals surface area contributed by atoms with Crippen molar-refractivity contribution in [1.29, 1.82) is 0 Å². The minimum absolute atomic E-state index is 0.118. The van der Waals surface area contributed by atoms with Crippen LogP contribution in [0.25, 0.3) is 0 Å². The first-order valence-corrected chi connectivity index (χ1v) is 8.65. The van der Waals surface area contributed by atoms with E-state index in [0.29, 0.717) is 18.1 Å². The van der Waals surface area contributed by atoms with Gasteiger partial charge in [-0.1, -0.05) is 6.08 Å². The topological polar surface area (TPSA) is 75.3 Å². The Morgan fingerprint density at radius 1 is 1.22 bits per heavy atom. The van der Waals surface area contributed by atoms with Gasteiger partial charge in [0.25, 0.3) is 5.91 Å². The van der Waals surface area contributed by atoms with Crippen LogP contribution in [0.2, 0.25) is 0 Å². The third kappa shape index (κ3) is 4.72. The number of amides is 1. The number of halogens is 3. The van der Waals surface area contributed by atoms with E-state index in [2.05, 4.69) is 10.0 Å². The summed E-state index contributed by atoms with van der Waals surface area (Å²) < 4.78 is 63.2. The number of anilines is 2. The second-order valence-electron chi connectivity index (χ2n) is 5.21. The van der Waals surface area contributed by atoms with Gasteiger partial charge in [0.15, 0.2) is 0 Å². The Bertz CT molecular complexity index is 755. The zero-order valence-corrected chi connectivity index (χ0v) is 13.0. The molecule has 0 fully saturated rings. The molecule has 1 aliphatic carbocycles. The highest BCUT2D eigenvalue weighted by molar-refractivity contribution is 7.92. The summed E-state index contributed by atoms with van der Waals surface area (Å²) >= 11 is 0. The smallest absolute Gasteiger partial charge is 0.320 e. The van der Waals surface area contributed by atoms with Gasteiger partial charge in [-0.25, -0.2) is 8.42 Å². The number of sulfonamides is 1. The van der Waals surface area contributed by atoms with Crippen LogP contribution in [-0.2, 0) is 21.0 Å². The largest absolute Gasteiger partial charge is 0.416 e. The first-order valence-electron chi connectivity index (χ1n) is 6.76. The Balaban J connectivity index is 2.37. The number of benzene rings is 1. The highest BCUT2D eigenvalue weighted by Gasteiger charge is 2.31. The van der Waals surface area contributed by atoms with Gasteiger partial charge < -0.3 is 5.32 Å². The van der Waals surface area contributed by atoms with E-state index in [1.165, 1.54) is 0 Å². The molecule has 126 valence electrons. The van der Waals surface area contributed by atoms with Crippen molar-refractivity contribution in [2.75, 3.05) is 16.3 Å². The first kappa shape index (κ1) is 17.3. The number of hydrogen-bond acceptors (Lipinski definition) is 3. The third-order valence-corrected chi connectivity index (χ3v) is 3.81. The van der Waals surface area contributed by atoms with E-state index in [-0.39, 0.29) is 11.4 Å². The van der Waals surface area contributed by atoms with Crippen LogP contribution >= 0.6 is 0 Å². The first-order chi connectivity index (χ1) is 10.6. The lowest BCUT2D eigenvalue weighted by Gasteiger charge is -2.15. The molecule has 0 aromatic heterocycles. The van der Waals surface area contributed by atoms with Gasteiger partial charge in [0.1, 0.15) is 0 Å². The molecule has 0 aliphatic heterocycles. The molecule has 1 amide bonds. The van der Waals surface area contributed by atoms with Crippen LogP contribution in [-0.4, -0.2) is 20.6 Å². The van der Waals surface area contributed by atoms with Gasteiger partial charge in [-0.05, 0) is 37.5 Å². The van der Waals surface area contributed by atoms with Gasteiger partial charge in [0, 0.05) is 5.57 Å². The van der Waals surface area contributed by atoms with Gasteiger partial charge in [0.05, 0.1) is 23.2 Å². The van der Waals surface area contributed by atoms with Crippen LogP contribution in [0.15, 0.2) is 29.8 Å². The van der Waals surface area contributed by atoms with Crippen molar-refractivity contribution < 1.29 is 26.4 Å². The maximum Gasteiger partial charge on any atom is 0.416 e. The molecule has 0 saturated carbocycles. The third-order valence-electron chi connectivity index (χ3n) is 3.22. The number of carbonyl (C=O) groups is 1. The maximum atomic E-state index is 12.8. The molecule has 0 radical (unpaired) electrons. The molecule has 0 atom stereocenters. The lowest BCUT2D eigenvalue weighted by Crippen LogP contribution is -2.18. The SMILES string of the molecule is CS(=O)(=O)Nc1ccc(C(F)(F)F)cc1NC(=O)C1=CCCC1. The van der Waals surface area contributed by atoms with Crippen molar-refractivity contribution in [2.24, 2.45) is 0 Å². The quantitative estimate of drug-likeness (QED) is 0.878. The number of rotatable bonds is 4. The van der Waals surface area contributed by atoms with Gasteiger partial charge >= 0.3 is 6.18 Å². The van der Waals surface area contributed by atoms with Crippen molar-refractivity contribution in [1.82, 2.24) is 0 Å². The molecule has 1 aromatic carbocycles. The fourth-order valence-electron chi connectivity index (χ4n) is 2.19. The molecule has 0 spiro atoms. The van der Waals surface area contributed by atoms with Gasteiger partial charge in [-0.2, -0.15) is 13.2 Å². The van der Waals surface area contributed by atoms with Crippen LogP contribution in [0.3, 0.4) is 0 Å². The normalized spacial score (nSPS) is 15.2. The fourth-order valence-corrected chi connectivity index (χ4v) is 2.77. The number of allylic oxidation sites excluding steroid dienone is 1. The summed E-state index contributed by atoms with van der Waals surface area (Å²) in [7, 11) is -3.70. The minimum Gasteiger partial charge on any atom is -0.320 e. The van der Waals surface area contributed by atoms with Crippen molar-refractivity contribution >= 4 is 27.3 Å². The van der Waals surface area contributed by atoms with E-state index in [4.69, 9.17) is 0 Å². The van der Waals surface area contributed by atoms with Crippen molar-refractivity contribution in [3.05, 3.63) is 35.4 Å². The summed E-state index contributed by atoms with van der Waals surface area (Å²) in [5.74, 6) is -0.529. The molecular formula is C14H15F3N2O3S. The standard InChI is InChI=1S/C14H15F3N2O3S/c1-23(21,22)19-11-7-6-10(14(15,16)17)8-12(11)18-13(20)9-4-2-3-5-9/h4,6-8,19H,2-3,5H2,1H3,(H,18,20). The molecule has 9 heteroatoms. The Morgan fingerprint density at radius 3 is 2.43 bits per heavy atom. The summed E-state index contributed by atoms with van der Waals surface area (Å²) in [4.78, 5) is 12.1. The van der Waals surface area contributed by atoms with E-state index >= 15 is 0 Å². The van der Waals surface area contributed by atoms with Crippen LogP contribution in [0.5, 0.6) is 0 Å². The van der Waals surface area contributed by atoms with Crippen LogP contribution in [0.1, 0.15) is 24.8 Å². The number of nitrogens with one attached hydrogen (secondary N) is 2. The highest BCUT2D eigenvalue weighted by atomic mass is 32.2. The molecule has 23 heavy (non-hydrogen) atoms. The molecule has 1 aliphatic rings. The second-order valence-corrected chi connectivity index (χ2v) is 6.96. The van der Waals surface area contributed by atoms with E-state index in [1.54, 1.807) is 6.08 Å². The summed E-state index contributed by atoms with van der Waals surface area (Å²) in [6.07, 6.45) is 0.0668. The van der Waals surface area contributed by atoms with E-state index in [0.717, 1.165) is 31.2 Å². The van der Waals surface area contributed by atoms with Gasteiger partial charge in [-0.3, -0.25) is 9.52 Å². The summed E-state index contributed by atoms with van der Waals surface area (Å²) in [5.41, 5.74) is -0.851. The predicted octanol–water partition coefficient (Wildman–Crippen LogP) is 3.13. The molecule has 0 unspecified atom stereocenters. The Labute approximate surface area is 131 Å². The predicted molar refractivity (Wildman–Crippen MR) is 80.5 cm³/mol. The molecule has 0 heterocycles. The molecule has 5 nitrogen and oxygen atoms in total. The summed E-state index contributed by atoms with van der Waals surface area (Å²) in [6.45, 7) is 0. The molecular weight excluding hydrogens is 333 g/mol. The summed E-state index contributed by atoms with van der Waals surface area (Å²) in [5, 5.41) is 2.35. The maximum absolute atomic E-state index is 12.8. The van der Waals surface area contributed by atoms with E-state index in [1.807, 2.05) is 0 Å². The number of carbonyl (C=O) groups excluding carboxylic acids is 1. The molecule has 2 rings (SSSR count). The lowest BCUT2D eigenvalue weighted by atomic mass is 10.1. The monoisotopic (exact) mass is 348 g/mol. The Morgan fingerprint density at radius 2 is 1.91 bits per heavy atom. The Kier molecular flexibility index (Phi) is 4.69. The number of hydrogen-bond donors (Lipinski definition) is 2. The van der Waals surface area contributed by atoms with Crippen molar-refractivity contribution in [2.45, 2.75) is 25.4 Å². The zero-order valence-electron chi connectivity index (χ0n) is 12.2. The fraction of sp³-hybridized carbons (Fsp3) is 0.357. The molecule has 0 bridgehead atoms. The second kappa shape index (κ2) is 6.23. The van der Waals surface area contributed by atoms with Gasteiger partial charge in [-0.15, -0.1) is 0 Å². The van der Waals surface area contributed by atoms with Crippen molar-refractivity contribution in [3.63, 3.8) is 0 Å². The lowest BCUT2D eigenvalue weighted by molar-refractivity contribution is -0.137. The zero-order chi connectivity index (χ0) is 17.3. The molecule has 2 N–H and O–H groups in total. The van der Waals surface area contributed by atoms with Gasteiger partial charge in [0.2, 0.25) is 10.0 Å². The minimum atomic E-state index is -4.60. The Hall–Kier alpha value is -2.03.